The van der Waals surface area contributed by atoms with Crippen LogP contribution in [0.5, 0.6) is 17.2 Å². The highest BCUT2D eigenvalue weighted by molar-refractivity contribution is 5.74. The van der Waals surface area contributed by atoms with E-state index in [1.807, 2.05) is 51.1 Å². The van der Waals surface area contributed by atoms with Crippen LogP contribution in [0.1, 0.15) is 28.7 Å². The van der Waals surface area contributed by atoms with Gasteiger partial charge in [-0.3, -0.25) is 4.79 Å². The second-order valence-corrected chi connectivity index (χ2v) is 5.78. The largest absolute Gasteiger partial charge is 0.493 e. The fourth-order valence-corrected chi connectivity index (χ4v) is 2.63. The summed E-state index contributed by atoms with van der Waals surface area (Å²) in [7, 11) is 3.19. The molecule has 0 N–H and O–H groups in total. The van der Waals surface area contributed by atoms with Crippen LogP contribution < -0.4 is 14.2 Å². The van der Waals surface area contributed by atoms with E-state index < -0.39 is 0 Å². The summed E-state index contributed by atoms with van der Waals surface area (Å²) in [6.07, 6.45) is 0.805. The van der Waals surface area contributed by atoms with E-state index in [2.05, 4.69) is 0 Å². The lowest BCUT2D eigenvalue weighted by molar-refractivity contribution is -0.134. The SMILES string of the molecule is COc1cccc(CCC(=O)Oc2c(C)ccc(C)c2C)c1OC. The quantitative estimate of drug-likeness (QED) is 0.590. The van der Waals surface area contributed by atoms with Gasteiger partial charge >= 0.3 is 5.97 Å². The van der Waals surface area contributed by atoms with Crippen molar-refractivity contribution in [3.63, 3.8) is 0 Å². The molecule has 0 fully saturated rings. The average molecular weight is 328 g/mol. The number of aryl methyl sites for hydroxylation is 3. The Balaban J connectivity index is 2.09. The van der Waals surface area contributed by atoms with Crippen molar-refractivity contribution in [2.45, 2.75) is 33.6 Å². The Labute approximate surface area is 143 Å². The van der Waals surface area contributed by atoms with E-state index in [9.17, 15) is 4.79 Å². The first-order chi connectivity index (χ1) is 11.5. The Morgan fingerprint density at radius 1 is 0.917 bits per heavy atom. The molecule has 4 nitrogen and oxygen atoms in total. The Morgan fingerprint density at radius 2 is 1.62 bits per heavy atom. The van der Waals surface area contributed by atoms with Gasteiger partial charge in [-0.15, -0.1) is 0 Å². The Morgan fingerprint density at radius 3 is 2.29 bits per heavy atom. The molecule has 0 saturated carbocycles. The zero-order chi connectivity index (χ0) is 17.7. The molecule has 4 heteroatoms. The molecule has 0 atom stereocenters. The standard InChI is InChI=1S/C20H24O4/c1-13-9-10-14(2)19(15(13)3)24-18(21)12-11-16-7-6-8-17(22-4)20(16)23-5/h6-10H,11-12H2,1-5H3. The molecule has 0 aromatic heterocycles. The number of methoxy groups -OCH3 is 2. The predicted octanol–water partition coefficient (Wildman–Crippen LogP) is 4.17. The number of rotatable bonds is 6. The molecule has 0 radical (unpaired) electrons. The Hall–Kier alpha value is -2.49. The predicted molar refractivity (Wildman–Crippen MR) is 94.2 cm³/mol. The molecular weight excluding hydrogens is 304 g/mol. The van der Waals surface area contributed by atoms with Crippen LogP contribution in [0.4, 0.5) is 0 Å². The normalized spacial score (nSPS) is 10.4. The van der Waals surface area contributed by atoms with Gasteiger partial charge in [0.1, 0.15) is 5.75 Å². The molecule has 128 valence electrons. The minimum Gasteiger partial charge on any atom is -0.493 e. The molecule has 0 aliphatic carbocycles. The number of hydrogen-bond donors (Lipinski definition) is 0. The fraction of sp³-hybridized carbons (Fsp3) is 0.350. The van der Waals surface area contributed by atoms with E-state index >= 15 is 0 Å². The van der Waals surface area contributed by atoms with Crippen LogP contribution in [0.25, 0.3) is 0 Å². The molecule has 0 saturated heterocycles. The molecule has 0 unspecified atom stereocenters. The third-order valence-electron chi connectivity index (χ3n) is 4.17. The minimum absolute atomic E-state index is 0.253. The van der Waals surface area contributed by atoms with Gasteiger partial charge in [0.05, 0.1) is 20.6 Å². The van der Waals surface area contributed by atoms with Crippen molar-refractivity contribution in [2.24, 2.45) is 0 Å². The van der Waals surface area contributed by atoms with E-state index in [4.69, 9.17) is 14.2 Å². The van der Waals surface area contributed by atoms with Gasteiger partial charge in [0.25, 0.3) is 0 Å². The maximum Gasteiger partial charge on any atom is 0.311 e. The summed E-state index contributed by atoms with van der Waals surface area (Å²) in [6.45, 7) is 5.92. The second kappa shape index (κ2) is 7.86. The molecule has 0 amide bonds. The zero-order valence-corrected chi connectivity index (χ0v) is 14.9. The first kappa shape index (κ1) is 17.9. The second-order valence-electron chi connectivity index (χ2n) is 5.78. The van der Waals surface area contributed by atoms with Crippen LogP contribution in [-0.4, -0.2) is 20.2 Å². The highest BCUT2D eigenvalue weighted by Gasteiger charge is 2.14. The summed E-state index contributed by atoms with van der Waals surface area (Å²) in [5.74, 6) is 1.73. The van der Waals surface area contributed by atoms with Crippen molar-refractivity contribution >= 4 is 5.97 Å². The summed E-state index contributed by atoms with van der Waals surface area (Å²) in [5, 5.41) is 0. The van der Waals surface area contributed by atoms with Crippen LogP contribution in [-0.2, 0) is 11.2 Å². The summed E-state index contributed by atoms with van der Waals surface area (Å²) in [4.78, 5) is 12.3. The zero-order valence-electron chi connectivity index (χ0n) is 14.9. The third-order valence-corrected chi connectivity index (χ3v) is 4.17. The molecule has 2 rings (SSSR count). The number of ether oxygens (including phenoxy) is 3. The number of carbonyl (C=O) groups excluding carboxylic acids is 1. The molecule has 0 heterocycles. The van der Waals surface area contributed by atoms with Crippen LogP contribution in [0.15, 0.2) is 30.3 Å². The maximum atomic E-state index is 12.3. The van der Waals surface area contributed by atoms with Gasteiger partial charge in [-0.2, -0.15) is 0 Å². The minimum atomic E-state index is -0.253. The summed E-state index contributed by atoms with van der Waals surface area (Å²) >= 11 is 0. The molecule has 2 aromatic rings. The Kier molecular flexibility index (Phi) is 5.85. The van der Waals surface area contributed by atoms with Gasteiger partial charge in [0.15, 0.2) is 11.5 Å². The lowest BCUT2D eigenvalue weighted by Gasteiger charge is -2.14. The fourth-order valence-electron chi connectivity index (χ4n) is 2.63. The van der Waals surface area contributed by atoms with Crippen molar-refractivity contribution in [3.05, 3.63) is 52.6 Å². The lowest BCUT2D eigenvalue weighted by atomic mass is 10.1. The van der Waals surface area contributed by atoms with E-state index in [0.717, 1.165) is 22.3 Å². The van der Waals surface area contributed by atoms with Gasteiger partial charge in [0, 0.05) is 0 Å². The van der Waals surface area contributed by atoms with E-state index in [0.29, 0.717) is 23.7 Å². The average Bonchev–Trinajstić information content (AvgIpc) is 2.59. The molecule has 0 aliphatic heterocycles. The number of esters is 1. The molecule has 2 aromatic carbocycles. The van der Waals surface area contributed by atoms with Crippen molar-refractivity contribution in [1.29, 1.82) is 0 Å². The highest BCUT2D eigenvalue weighted by Crippen LogP contribution is 2.32. The summed E-state index contributed by atoms with van der Waals surface area (Å²) in [5.41, 5.74) is 4.00. The molecule has 0 bridgehead atoms. The number of hydrogen-bond acceptors (Lipinski definition) is 4. The van der Waals surface area contributed by atoms with Crippen LogP contribution in [0.3, 0.4) is 0 Å². The van der Waals surface area contributed by atoms with Crippen LogP contribution >= 0.6 is 0 Å². The number of para-hydroxylation sites is 1. The number of benzene rings is 2. The van der Waals surface area contributed by atoms with Gasteiger partial charge in [-0.25, -0.2) is 0 Å². The van der Waals surface area contributed by atoms with Gasteiger partial charge in [-0.1, -0.05) is 24.3 Å². The maximum absolute atomic E-state index is 12.3. The van der Waals surface area contributed by atoms with Gasteiger partial charge in [0.2, 0.25) is 0 Å². The number of carbonyl (C=O) groups is 1. The summed E-state index contributed by atoms with van der Waals surface area (Å²) in [6, 6.07) is 9.65. The monoisotopic (exact) mass is 328 g/mol. The van der Waals surface area contributed by atoms with Gasteiger partial charge < -0.3 is 14.2 Å². The molecule has 0 spiro atoms. The van der Waals surface area contributed by atoms with Crippen molar-refractivity contribution < 1.29 is 19.0 Å². The Bertz CT molecular complexity index is 735. The van der Waals surface area contributed by atoms with Crippen molar-refractivity contribution in [3.8, 4) is 17.2 Å². The third kappa shape index (κ3) is 3.88. The lowest BCUT2D eigenvalue weighted by Crippen LogP contribution is -2.11. The first-order valence-electron chi connectivity index (χ1n) is 7.95. The van der Waals surface area contributed by atoms with E-state index in [1.54, 1.807) is 14.2 Å². The van der Waals surface area contributed by atoms with Crippen molar-refractivity contribution in [2.75, 3.05) is 14.2 Å². The summed E-state index contributed by atoms with van der Waals surface area (Å²) < 4.78 is 16.3. The van der Waals surface area contributed by atoms with Crippen LogP contribution in [0.2, 0.25) is 0 Å². The topological polar surface area (TPSA) is 44.8 Å². The van der Waals surface area contributed by atoms with E-state index in [-0.39, 0.29) is 12.4 Å². The van der Waals surface area contributed by atoms with Crippen molar-refractivity contribution in [1.82, 2.24) is 0 Å². The molecule has 24 heavy (non-hydrogen) atoms. The first-order valence-corrected chi connectivity index (χ1v) is 7.95. The smallest absolute Gasteiger partial charge is 0.311 e. The molecular formula is C20H24O4. The van der Waals surface area contributed by atoms with Crippen LogP contribution in [0, 0.1) is 20.8 Å². The van der Waals surface area contributed by atoms with Gasteiger partial charge in [-0.05, 0) is 55.5 Å². The van der Waals surface area contributed by atoms with E-state index in [1.165, 1.54) is 0 Å². The highest BCUT2D eigenvalue weighted by atomic mass is 16.5. The molecule has 0 aliphatic rings.